The second-order valence-corrected chi connectivity index (χ2v) is 5.66. The zero-order chi connectivity index (χ0) is 20.6. The van der Waals surface area contributed by atoms with Gasteiger partial charge in [0.1, 0.15) is 11.3 Å². The first-order chi connectivity index (χ1) is 14.2. The number of terminal acetylenes is 1. The van der Waals surface area contributed by atoms with Crippen molar-refractivity contribution in [1.82, 2.24) is 9.97 Å². The molecule has 0 aliphatic carbocycles. The van der Waals surface area contributed by atoms with E-state index in [1.807, 2.05) is 30.3 Å². The van der Waals surface area contributed by atoms with E-state index in [9.17, 15) is 4.79 Å². The first-order valence-electron chi connectivity index (χ1n) is 8.60. The molecule has 7 heteroatoms. The molecule has 0 N–H and O–H groups in total. The Morgan fingerprint density at radius 2 is 1.69 bits per heavy atom. The third kappa shape index (κ3) is 4.62. The molecule has 0 bridgehead atoms. The van der Waals surface area contributed by atoms with Crippen molar-refractivity contribution in [2.45, 2.75) is 0 Å². The van der Waals surface area contributed by atoms with Crippen LogP contribution in [0.3, 0.4) is 0 Å². The largest absolute Gasteiger partial charge is 0.481 e. The van der Waals surface area contributed by atoms with Crippen LogP contribution in [0.25, 0.3) is 11.1 Å². The van der Waals surface area contributed by atoms with Crippen molar-refractivity contribution in [2.75, 3.05) is 20.8 Å². The molecule has 2 aromatic carbocycles. The third-order valence-electron chi connectivity index (χ3n) is 3.88. The monoisotopic (exact) mass is 390 g/mol. The van der Waals surface area contributed by atoms with Crippen LogP contribution < -0.4 is 14.2 Å². The van der Waals surface area contributed by atoms with Crippen LogP contribution in [-0.2, 0) is 4.74 Å². The highest BCUT2D eigenvalue weighted by atomic mass is 16.5. The van der Waals surface area contributed by atoms with Gasteiger partial charge in [0, 0.05) is 0 Å². The van der Waals surface area contributed by atoms with Crippen molar-refractivity contribution in [3.63, 3.8) is 0 Å². The number of carbonyl (C=O) groups excluding carboxylic acids is 1. The smallest absolute Gasteiger partial charge is 0.343 e. The van der Waals surface area contributed by atoms with Crippen LogP contribution in [0.4, 0.5) is 0 Å². The van der Waals surface area contributed by atoms with Crippen LogP contribution in [0.15, 0.2) is 54.6 Å². The Labute approximate surface area is 168 Å². The molecule has 0 atom stereocenters. The lowest BCUT2D eigenvalue weighted by atomic mass is 9.99. The zero-order valence-electron chi connectivity index (χ0n) is 15.9. The Hall–Kier alpha value is -4.05. The minimum absolute atomic E-state index is 0.0441. The molecule has 3 aromatic rings. The molecule has 0 unspecified atom stereocenters. The maximum Gasteiger partial charge on any atom is 0.343 e. The van der Waals surface area contributed by atoms with Crippen LogP contribution in [0.1, 0.15) is 10.4 Å². The predicted molar refractivity (Wildman–Crippen MR) is 106 cm³/mol. The van der Waals surface area contributed by atoms with Crippen LogP contribution in [0, 0.1) is 12.3 Å². The lowest BCUT2D eigenvalue weighted by Crippen LogP contribution is -2.09. The fourth-order valence-electron chi connectivity index (χ4n) is 2.60. The molecule has 0 aliphatic heterocycles. The Kier molecular flexibility index (Phi) is 6.28. The Balaban J connectivity index is 2.09. The molecule has 0 spiro atoms. The van der Waals surface area contributed by atoms with E-state index in [2.05, 4.69) is 15.9 Å². The first kappa shape index (κ1) is 19.7. The van der Waals surface area contributed by atoms with Gasteiger partial charge in [-0.3, -0.25) is 0 Å². The summed E-state index contributed by atoms with van der Waals surface area (Å²) < 4.78 is 21.3. The van der Waals surface area contributed by atoms with Crippen molar-refractivity contribution < 1.29 is 23.7 Å². The fraction of sp³-hybridized carbons (Fsp3) is 0.136. The lowest BCUT2D eigenvalue weighted by molar-refractivity contribution is 0.0554. The third-order valence-corrected chi connectivity index (χ3v) is 3.88. The van der Waals surface area contributed by atoms with Gasteiger partial charge in [-0.05, 0) is 17.2 Å². The molecule has 0 saturated heterocycles. The first-order valence-corrected chi connectivity index (χ1v) is 8.60. The van der Waals surface area contributed by atoms with E-state index in [-0.39, 0.29) is 35.7 Å². The molecule has 1 aromatic heterocycles. The maximum absolute atomic E-state index is 12.8. The van der Waals surface area contributed by atoms with Crippen molar-refractivity contribution >= 4 is 5.97 Å². The van der Waals surface area contributed by atoms with Crippen molar-refractivity contribution in [3.05, 3.63) is 60.2 Å². The topological polar surface area (TPSA) is 79.8 Å². The van der Waals surface area contributed by atoms with Gasteiger partial charge in [0.05, 0.1) is 20.3 Å². The number of ether oxygens (including phenoxy) is 4. The van der Waals surface area contributed by atoms with Crippen molar-refractivity contribution in [2.24, 2.45) is 0 Å². The van der Waals surface area contributed by atoms with Crippen LogP contribution >= 0.6 is 0 Å². The second-order valence-electron chi connectivity index (χ2n) is 5.66. The summed E-state index contributed by atoms with van der Waals surface area (Å²) in [5.41, 5.74) is 1.65. The Bertz CT molecular complexity index is 1020. The number of methoxy groups -OCH3 is 2. The van der Waals surface area contributed by atoms with E-state index in [0.29, 0.717) is 5.56 Å². The van der Waals surface area contributed by atoms with Gasteiger partial charge in [0.25, 0.3) is 0 Å². The van der Waals surface area contributed by atoms with Gasteiger partial charge < -0.3 is 18.9 Å². The highest BCUT2D eigenvalue weighted by Gasteiger charge is 2.21. The minimum atomic E-state index is -0.618. The maximum atomic E-state index is 12.8. The van der Waals surface area contributed by atoms with Gasteiger partial charge in [0.2, 0.25) is 11.8 Å². The highest BCUT2D eigenvalue weighted by molar-refractivity contribution is 6.00. The standard InChI is InChI=1S/C22H18N2O5/c1-4-13-28-21(25)20-16(15-9-6-5-7-10-15)11-8-12-17(20)29-22-23-18(26-2)14-19(24-22)27-3/h1,5-12,14H,13H2,2-3H3. The lowest BCUT2D eigenvalue weighted by Gasteiger charge is -2.14. The Morgan fingerprint density at radius 1 is 1.00 bits per heavy atom. The SMILES string of the molecule is C#CCOC(=O)c1c(Oc2nc(OC)cc(OC)n2)cccc1-c1ccccc1. The molecule has 0 aliphatic rings. The van der Waals surface area contributed by atoms with E-state index < -0.39 is 5.97 Å². The van der Waals surface area contributed by atoms with Gasteiger partial charge in [-0.15, -0.1) is 6.42 Å². The second kappa shape index (κ2) is 9.24. The van der Waals surface area contributed by atoms with E-state index in [4.69, 9.17) is 25.4 Å². The number of carbonyl (C=O) groups is 1. The molecule has 3 rings (SSSR count). The summed E-state index contributed by atoms with van der Waals surface area (Å²) in [4.78, 5) is 21.0. The summed E-state index contributed by atoms with van der Waals surface area (Å²) >= 11 is 0. The van der Waals surface area contributed by atoms with Gasteiger partial charge >= 0.3 is 12.0 Å². The number of hydrogen-bond acceptors (Lipinski definition) is 7. The average molecular weight is 390 g/mol. The molecular formula is C22H18N2O5. The number of benzene rings is 2. The number of rotatable bonds is 7. The molecule has 146 valence electrons. The van der Waals surface area contributed by atoms with E-state index in [0.717, 1.165) is 5.56 Å². The van der Waals surface area contributed by atoms with E-state index in [1.165, 1.54) is 20.3 Å². The number of nitrogens with zero attached hydrogens (tertiary/aromatic N) is 2. The summed E-state index contributed by atoms with van der Waals surface area (Å²) in [5, 5.41) is 0. The Morgan fingerprint density at radius 3 is 2.31 bits per heavy atom. The zero-order valence-corrected chi connectivity index (χ0v) is 15.9. The number of hydrogen-bond donors (Lipinski definition) is 0. The van der Waals surface area contributed by atoms with Crippen LogP contribution in [0.5, 0.6) is 23.5 Å². The summed E-state index contributed by atoms with van der Waals surface area (Å²) in [6, 6.07) is 16.0. The molecular weight excluding hydrogens is 372 g/mol. The molecule has 7 nitrogen and oxygen atoms in total. The highest BCUT2D eigenvalue weighted by Crippen LogP contribution is 2.34. The van der Waals surface area contributed by atoms with Crippen LogP contribution in [0.2, 0.25) is 0 Å². The van der Waals surface area contributed by atoms with Gasteiger partial charge in [-0.2, -0.15) is 9.97 Å². The van der Waals surface area contributed by atoms with Gasteiger partial charge in [-0.25, -0.2) is 4.79 Å². The summed E-state index contributed by atoms with van der Waals surface area (Å²) in [6.07, 6.45) is 5.22. The number of aromatic nitrogens is 2. The minimum Gasteiger partial charge on any atom is -0.481 e. The van der Waals surface area contributed by atoms with Crippen molar-refractivity contribution in [3.8, 4) is 47.0 Å². The van der Waals surface area contributed by atoms with Crippen LogP contribution in [-0.4, -0.2) is 36.8 Å². The molecule has 0 radical (unpaired) electrons. The molecule has 29 heavy (non-hydrogen) atoms. The molecule has 1 heterocycles. The normalized spacial score (nSPS) is 9.97. The summed E-state index contributed by atoms with van der Waals surface area (Å²) in [7, 11) is 2.92. The molecule has 0 fully saturated rings. The molecule has 0 saturated carbocycles. The average Bonchev–Trinajstić information content (AvgIpc) is 2.77. The van der Waals surface area contributed by atoms with Crippen molar-refractivity contribution in [1.29, 1.82) is 0 Å². The van der Waals surface area contributed by atoms with Gasteiger partial charge in [0.15, 0.2) is 6.61 Å². The van der Waals surface area contributed by atoms with E-state index >= 15 is 0 Å². The quantitative estimate of drug-likeness (QED) is 0.449. The van der Waals surface area contributed by atoms with E-state index in [1.54, 1.807) is 18.2 Å². The summed E-state index contributed by atoms with van der Waals surface area (Å²) in [5.74, 6) is 2.38. The number of esters is 1. The summed E-state index contributed by atoms with van der Waals surface area (Å²) in [6.45, 7) is -0.162. The van der Waals surface area contributed by atoms with Gasteiger partial charge in [-0.1, -0.05) is 48.4 Å². The molecule has 0 amide bonds. The predicted octanol–water partition coefficient (Wildman–Crippen LogP) is 3.74. The fourth-order valence-corrected chi connectivity index (χ4v) is 2.60.